The van der Waals surface area contributed by atoms with Gasteiger partial charge in [-0.05, 0) is 41.5 Å². The summed E-state index contributed by atoms with van der Waals surface area (Å²) < 4.78 is 9.55. The topological polar surface area (TPSA) is 209 Å². The van der Waals surface area contributed by atoms with E-state index in [-0.39, 0.29) is 41.8 Å². The third-order valence-corrected chi connectivity index (χ3v) is 5.50. The fraction of sp³-hybridized carbons (Fsp3) is 0.571. The number of carbonyl (C=O) groups is 5. The van der Waals surface area contributed by atoms with E-state index in [2.05, 4.69) is 15.5 Å². The third-order valence-electron chi connectivity index (χ3n) is 4.83. The van der Waals surface area contributed by atoms with E-state index >= 15 is 0 Å². The molecule has 2 heterocycles. The molecule has 1 aromatic heterocycles. The van der Waals surface area contributed by atoms with Crippen LogP contribution in [0.3, 0.4) is 0 Å². The molecule has 2 atom stereocenters. The fourth-order valence-electron chi connectivity index (χ4n) is 2.50. The number of esters is 2. The van der Waals surface area contributed by atoms with Crippen molar-refractivity contribution in [2.24, 2.45) is 10.6 Å². The van der Waals surface area contributed by atoms with E-state index in [1.165, 1.54) is 19.2 Å². The average molecular weight is 568 g/mol. The number of ether oxygens (including phenoxy) is 2. The van der Waals surface area contributed by atoms with Crippen LogP contribution in [0, 0.1) is 5.41 Å². The number of amides is 2. The predicted octanol–water partition coefficient (Wildman–Crippen LogP) is -2.84. The first-order valence-corrected chi connectivity index (χ1v) is 11.7. The zero-order chi connectivity index (χ0) is 28.1. The summed E-state index contributed by atoms with van der Waals surface area (Å²) in [5.41, 5.74) is 2.72. The number of hydrogen-bond donors (Lipinski definition) is 3. The molecule has 2 rings (SSSR count). The van der Waals surface area contributed by atoms with Crippen molar-refractivity contribution in [3.8, 4) is 0 Å². The van der Waals surface area contributed by atoms with Crippen LogP contribution in [0.5, 0.6) is 0 Å². The van der Waals surface area contributed by atoms with Crippen LogP contribution >= 0.6 is 11.3 Å². The Balaban J connectivity index is 0.00000722. The van der Waals surface area contributed by atoms with Gasteiger partial charge in [-0.25, -0.2) is 19.6 Å². The van der Waals surface area contributed by atoms with Crippen molar-refractivity contribution in [3.05, 3.63) is 11.1 Å². The molecule has 0 aliphatic carbocycles. The summed E-state index contributed by atoms with van der Waals surface area (Å²) >= 11 is 1.01. The van der Waals surface area contributed by atoms with Gasteiger partial charge in [-0.3, -0.25) is 19.2 Å². The summed E-state index contributed by atoms with van der Waals surface area (Å²) in [4.78, 5) is 74.2. The Morgan fingerprint density at radius 3 is 2.37 bits per heavy atom. The van der Waals surface area contributed by atoms with E-state index in [1.54, 1.807) is 27.7 Å². The summed E-state index contributed by atoms with van der Waals surface area (Å²) in [6, 6.07) is -1.74. The van der Waals surface area contributed by atoms with E-state index in [9.17, 15) is 29.1 Å². The number of nitrogens with one attached hydrogen (secondary N) is 1. The standard InChI is InChI=1S/C21H29N5O10S.Na.H/c1-10-13(16(29)26(10)35-7-12(27)33-9-34-18(32)20(2,3)4)24-15(28)14(11-8-37-19(22)23-11)25-36-21(5,6)17(30)31;;/h8,10,13H,7,9H2,1-6H3,(H2,22,23)(H,24,28)(H,30,31);;/q;+1;-1/t10-,13-;;/m0../s1. The second-order valence-corrected chi connectivity index (χ2v) is 10.3. The summed E-state index contributed by atoms with van der Waals surface area (Å²) in [5.74, 6) is -4.32. The molecule has 15 nitrogen and oxygen atoms in total. The molecular weight excluding hydrogens is 537 g/mol. The van der Waals surface area contributed by atoms with Gasteiger partial charge >= 0.3 is 47.5 Å². The minimum absolute atomic E-state index is 0. The van der Waals surface area contributed by atoms with Gasteiger partial charge in [0.1, 0.15) is 11.7 Å². The van der Waals surface area contributed by atoms with Gasteiger partial charge in [0, 0.05) is 5.38 Å². The smallest absolute Gasteiger partial charge is 1.00 e. The molecule has 0 unspecified atom stereocenters. The van der Waals surface area contributed by atoms with Crippen molar-refractivity contribution in [2.45, 2.75) is 59.2 Å². The molecule has 0 spiro atoms. The molecule has 4 N–H and O–H groups in total. The molecule has 0 radical (unpaired) electrons. The number of nitrogens with two attached hydrogens (primary N) is 1. The van der Waals surface area contributed by atoms with Crippen LogP contribution in [0.25, 0.3) is 0 Å². The quantitative estimate of drug-likeness (QED) is 0.0617. The van der Waals surface area contributed by atoms with E-state index in [1.807, 2.05) is 0 Å². The molecular formula is C21H30N5NaO10S. The maximum atomic E-state index is 12.9. The molecule has 38 heavy (non-hydrogen) atoms. The number of carboxylic acids is 1. The number of hydrogen-bond acceptors (Lipinski definition) is 13. The number of β-lactam (4-membered cyclic amide) rings is 1. The van der Waals surface area contributed by atoms with Gasteiger partial charge in [0.15, 0.2) is 17.5 Å². The Kier molecular flexibility index (Phi) is 11.7. The van der Waals surface area contributed by atoms with E-state index in [4.69, 9.17) is 24.9 Å². The molecule has 206 valence electrons. The summed E-state index contributed by atoms with van der Waals surface area (Å²) in [7, 11) is 0. The van der Waals surface area contributed by atoms with Gasteiger partial charge in [-0.1, -0.05) is 5.16 Å². The summed E-state index contributed by atoms with van der Waals surface area (Å²) in [5, 5.41) is 17.7. The largest absolute Gasteiger partial charge is 1.00 e. The molecule has 1 aromatic rings. The second kappa shape index (κ2) is 13.3. The Hall–Kier alpha value is -2.79. The van der Waals surface area contributed by atoms with Crippen LogP contribution in [0.15, 0.2) is 10.5 Å². The SMILES string of the molecule is C[C@H]1[C@H](NC(=O)C(=NOC(C)(C)C(=O)O)c2csc(N)n2)C(=O)N1OCC(=O)OCOC(=O)C(C)(C)C.[H-].[Na+]. The zero-order valence-corrected chi connectivity index (χ0v) is 24.9. The van der Waals surface area contributed by atoms with E-state index in [0.717, 1.165) is 16.4 Å². The molecule has 0 saturated carbocycles. The Morgan fingerprint density at radius 2 is 1.87 bits per heavy atom. The van der Waals surface area contributed by atoms with Gasteiger partial charge in [0.05, 0.1) is 11.5 Å². The first-order chi connectivity index (χ1) is 17.0. The van der Waals surface area contributed by atoms with Crippen molar-refractivity contribution in [3.63, 3.8) is 0 Å². The first kappa shape index (κ1) is 33.2. The maximum Gasteiger partial charge on any atom is 1.00 e. The molecule has 1 aliphatic rings. The zero-order valence-electron chi connectivity index (χ0n) is 23.1. The minimum Gasteiger partial charge on any atom is -1.00 e. The van der Waals surface area contributed by atoms with Crippen LogP contribution in [-0.2, 0) is 43.1 Å². The Morgan fingerprint density at radius 1 is 1.24 bits per heavy atom. The van der Waals surface area contributed by atoms with Crippen molar-refractivity contribution in [1.29, 1.82) is 0 Å². The van der Waals surface area contributed by atoms with Crippen LogP contribution in [0.2, 0.25) is 0 Å². The minimum atomic E-state index is -1.75. The second-order valence-electron chi connectivity index (χ2n) is 9.36. The van der Waals surface area contributed by atoms with Gasteiger partial charge in [-0.2, -0.15) is 0 Å². The number of carbonyl (C=O) groups excluding carboxylic acids is 4. The molecule has 0 bridgehead atoms. The number of rotatable bonds is 11. The fourth-order valence-corrected chi connectivity index (χ4v) is 3.05. The number of oxime groups is 1. The number of anilines is 1. The number of thiazole rings is 1. The van der Waals surface area contributed by atoms with Gasteiger partial charge < -0.3 is 31.9 Å². The third kappa shape index (κ3) is 8.62. The summed E-state index contributed by atoms with van der Waals surface area (Å²) in [6.45, 7) is 7.67. The molecule has 1 saturated heterocycles. The normalized spacial score (nSPS) is 17.6. The number of hydroxylamine groups is 2. The Bertz CT molecular complexity index is 1110. The molecule has 2 amide bonds. The molecule has 1 fully saturated rings. The van der Waals surface area contributed by atoms with E-state index in [0.29, 0.717) is 0 Å². The number of carboxylic acid groups (broad SMARTS) is 1. The molecule has 1 aliphatic heterocycles. The van der Waals surface area contributed by atoms with Crippen LogP contribution in [-0.4, -0.2) is 81.7 Å². The molecule has 0 aromatic carbocycles. The van der Waals surface area contributed by atoms with Crippen molar-refractivity contribution >= 4 is 51.9 Å². The van der Waals surface area contributed by atoms with Crippen LogP contribution in [0.1, 0.15) is 48.7 Å². The number of nitrogen functional groups attached to an aromatic ring is 1. The van der Waals surface area contributed by atoms with Crippen molar-refractivity contribution in [2.75, 3.05) is 19.1 Å². The monoisotopic (exact) mass is 567 g/mol. The van der Waals surface area contributed by atoms with Gasteiger partial charge in [-0.15, -0.1) is 11.3 Å². The number of aromatic nitrogens is 1. The molecule has 17 heteroatoms. The first-order valence-electron chi connectivity index (χ1n) is 10.8. The summed E-state index contributed by atoms with van der Waals surface area (Å²) in [6.07, 6.45) is 0. The maximum absolute atomic E-state index is 12.9. The number of nitrogens with zero attached hydrogens (tertiary/aromatic N) is 3. The Labute approximate surface area is 245 Å². The average Bonchev–Trinajstić information content (AvgIpc) is 3.22. The predicted molar refractivity (Wildman–Crippen MR) is 128 cm³/mol. The van der Waals surface area contributed by atoms with Crippen molar-refractivity contribution in [1.82, 2.24) is 15.4 Å². The van der Waals surface area contributed by atoms with Gasteiger partial charge in [0.2, 0.25) is 12.4 Å². The van der Waals surface area contributed by atoms with E-state index < -0.39 is 71.9 Å². The number of aliphatic carboxylic acids is 1. The van der Waals surface area contributed by atoms with Crippen LogP contribution in [0.4, 0.5) is 5.13 Å². The van der Waals surface area contributed by atoms with Crippen LogP contribution < -0.4 is 40.6 Å². The van der Waals surface area contributed by atoms with Crippen molar-refractivity contribution < 1.29 is 79.2 Å². The van der Waals surface area contributed by atoms with Gasteiger partial charge in [0.25, 0.3) is 11.8 Å².